The van der Waals surface area contributed by atoms with E-state index >= 15 is 0 Å². The second-order valence-corrected chi connectivity index (χ2v) is 12.3. The molecule has 0 unspecified atom stereocenters. The summed E-state index contributed by atoms with van der Waals surface area (Å²) in [6.07, 6.45) is 0.0848. The fourth-order valence-electron chi connectivity index (χ4n) is 5.59. The van der Waals surface area contributed by atoms with Crippen LogP contribution in [-0.2, 0) is 38.8 Å². The molecular formula is C37H42N4O5. The summed E-state index contributed by atoms with van der Waals surface area (Å²) in [5, 5.41) is 22.6. The van der Waals surface area contributed by atoms with Crippen molar-refractivity contribution < 1.29 is 23.7 Å². The van der Waals surface area contributed by atoms with E-state index in [2.05, 4.69) is 11.4 Å². The van der Waals surface area contributed by atoms with E-state index in [1.165, 1.54) is 11.1 Å². The monoisotopic (exact) mass is 622 g/mol. The van der Waals surface area contributed by atoms with Gasteiger partial charge in [-0.2, -0.15) is 10.5 Å². The molecule has 9 heteroatoms. The Morgan fingerprint density at radius 1 is 0.891 bits per heavy atom. The molecule has 3 aromatic rings. The molecule has 3 aromatic carbocycles. The summed E-state index contributed by atoms with van der Waals surface area (Å²) in [6.45, 7) is 8.04. The molecule has 0 aliphatic carbocycles. The van der Waals surface area contributed by atoms with Crippen molar-refractivity contribution >= 4 is 6.09 Å². The molecule has 1 heterocycles. The van der Waals surface area contributed by atoms with E-state index in [1.54, 1.807) is 20.8 Å². The average molecular weight is 623 g/mol. The van der Waals surface area contributed by atoms with Crippen molar-refractivity contribution in [3.63, 3.8) is 0 Å². The lowest BCUT2D eigenvalue weighted by Crippen LogP contribution is -2.52. The molecule has 0 spiro atoms. The van der Waals surface area contributed by atoms with E-state index in [0.29, 0.717) is 6.61 Å². The Balaban J connectivity index is 1.82. The molecule has 1 saturated heterocycles. The van der Waals surface area contributed by atoms with Gasteiger partial charge in [0.25, 0.3) is 0 Å². The number of ether oxygens (including phenoxy) is 4. The van der Waals surface area contributed by atoms with Crippen molar-refractivity contribution in [2.24, 2.45) is 0 Å². The first kappa shape index (κ1) is 34.2. The maximum atomic E-state index is 14.2. The van der Waals surface area contributed by atoms with Crippen LogP contribution in [0, 0.1) is 22.7 Å². The summed E-state index contributed by atoms with van der Waals surface area (Å²) in [6, 6.07) is 31.8. The van der Waals surface area contributed by atoms with Crippen LogP contribution in [0.25, 0.3) is 0 Å². The minimum atomic E-state index is -1.25. The van der Waals surface area contributed by atoms with Crippen molar-refractivity contribution in [1.29, 1.82) is 10.5 Å². The number of likely N-dealkylation sites (tertiary alicyclic amines) is 1. The molecule has 1 N–H and O–H groups in total. The minimum Gasteiger partial charge on any atom is -0.444 e. The molecular weight excluding hydrogens is 580 g/mol. The van der Waals surface area contributed by atoms with E-state index in [4.69, 9.17) is 18.9 Å². The number of nitrogens with zero attached hydrogens (tertiary/aromatic N) is 3. The standard InChI is InChI=1S/C37H42N4O5/c1-36(2,3)46-35(42)41-32(27-43-24-28-14-8-5-9-15-28)34(44-25-29-16-10-6-11-17-29)37(4,45-26-30-18-12-7-13-19-30)33(41)31(22-39)23-40-21-20-38/h5-19,23,32-34,40H,21,24-27H2,1-4H3/b31-23+/t32-,33+,34-,37+/m1/s1. The smallest absolute Gasteiger partial charge is 0.411 e. The van der Waals surface area contributed by atoms with Crippen LogP contribution in [0.1, 0.15) is 44.4 Å². The highest BCUT2D eigenvalue weighted by Crippen LogP contribution is 2.44. The number of carbonyl (C=O) groups excluding carboxylic acids is 1. The number of carbonyl (C=O) groups is 1. The molecule has 1 aliphatic rings. The number of hydrogen-bond acceptors (Lipinski definition) is 8. The Morgan fingerprint density at radius 2 is 1.43 bits per heavy atom. The first-order valence-corrected chi connectivity index (χ1v) is 15.3. The van der Waals surface area contributed by atoms with Gasteiger partial charge < -0.3 is 24.3 Å². The Bertz CT molecular complexity index is 1510. The van der Waals surface area contributed by atoms with E-state index in [9.17, 15) is 15.3 Å². The summed E-state index contributed by atoms with van der Waals surface area (Å²) in [4.78, 5) is 15.7. The van der Waals surface area contributed by atoms with Crippen LogP contribution >= 0.6 is 0 Å². The molecule has 0 bridgehead atoms. The van der Waals surface area contributed by atoms with Crippen molar-refractivity contribution in [3.05, 3.63) is 119 Å². The van der Waals surface area contributed by atoms with E-state index in [0.717, 1.165) is 16.7 Å². The fourth-order valence-corrected chi connectivity index (χ4v) is 5.59. The molecule has 0 aromatic heterocycles. The van der Waals surface area contributed by atoms with Gasteiger partial charge in [-0.3, -0.25) is 4.90 Å². The molecule has 1 fully saturated rings. The lowest BCUT2D eigenvalue weighted by Gasteiger charge is -2.37. The summed E-state index contributed by atoms with van der Waals surface area (Å²) < 4.78 is 25.7. The molecule has 0 radical (unpaired) electrons. The van der Waals surface area contributed by atoms with Crippen LogP contribution in [0.15, 0.2) is 103 Å². The Morgan fingerprint density at radius 3 is 1.96 bits per heavy atom. The van der Waals surface area contributed by atoms with Gasteiger partial charge in [-0.15, -0.1) is 0 Å². The van der Waals surface area contributed by atoms with E-state index < -0.39 is 35.5 Å². The normalized spacial score (nSPS) is 21.3. The number of rotatable bonds is 13. The number of benzene rings is 3. The van der Waals surface area contributed by atoms with Crippen LogP contribution < -0.4 is 5.32 Å². The number of hydrogen-bond donors (Lipinski definition) is 1. The second-order valence-electron chi connectivity index (χ2n) is 12.3. The van der Waals surface area contributed by atoms with Gasteiger partial charge in [0, 0.05) is 6.20 Å². The van der Waals surface area contributed by atoms with E-state index in [1.807, 2.05) is 104 Å². The van der Waals surface area contributed by atoms with Crippen molar-refractivity contribution in [2.75, 3.05) is 13.2 Å². The highest BCUT2D eigenvalue weighted by atomic mass is 16.6. The highest BCUT2D eigenvalue weighted by molar-refractivity contribution is 5.71. The average Bonchev–Trinajstić information content (AvgIpc) is 3.29. The predicted octanol–water partition coefficient (Wildman–Crippen LogP) is 6.27. The Labute approximate surface area is 271 Å². The zero-order chi connectivity index (χ0) is 33.0. The molecule has 46 heavy (non-hydrogen) atoms. The maximum absolute atomic E-state index is 14.2. The third-order valence-electron chi connectivity index (χ3n) is 7.62. The lowest BCUT2D eigenvalue weighted by molar-refractivity contribution is -0.141. The zero-order valence-corrected chi connectivity index (χ0v) is 26.9. The maximum Gasteiger partial charge on any atom is 0.411 e. The topological polar surface area (TPSA) is 117 Å². The Kier molecular flexibility index (Phi) is 11.9. The first-order chi connectivity index (χ1) is 22.2. The number of amides is 1. The van der Waals surface area contributed by atoms with Crippen LogP contribution in [0.3, 0.4) is 0 Å². The molecule has 240 valence electrons. The van der Waals surface area contributed by atoms with Crippen LogP contribution in [-0.4, -0.2) is 53.5 Å². The largest absolute Gasteiger partial charge is 0.444 e. The van der Waals surface area contributed by atoms with Crippen molar-refractivity contribution in [3.8, 4) is 12.1 Å². The highest BCUT2D eigenvalue weighted by Gasteiger charge is 2.62. The van der Waals surface area contributed by atoms with Crippen LogP contribution in [0.2, 0.25) is 0 Å². The number of nitriles is 2. The Hall–Kier alpha value is -4.67. The van der Waals surface area contributed by atoms with Gasteiger partial charge in [-0.25, -0.2) is 4.79 Å². The number of nitrogens with one attached hydrogen (secondary N) is 1. The van der Waals surface area contributed by atoms with Crippen molar-refractivity contribution in [1.82, 2.24) is 10.2 Å². The molecule has 4 atom stereocenters. The molecule has 9 nitrogen and oxygen atoms in total. The first-order valence-electron chi connectivity index (χ1n) is 15.3. The lowest BCUT2D eigenvalue weighted by atomic mass is 9.87. The van der Waals surface area contributed by atoms with Crippen molar-refractivity contribution in [2.45, 2.75) is 76.9 Å². The third kappa shape index (κ3) is 8.95. The van der Waals surface area contributed by atoms with Gasteiger partial charge >= 0.3 is 6.09 Å². The fraction of sp³-hybridized carbons (Fsp3) is 0.378. The molecule has 1 amide bonds. The molecule has 4 rings (SSSR count). The van der Waals surface area contributed by atoms with Crippen LogP contribution in [0.5, 0.6) is 0 Å². The molecule has 1 aliphatic heterocycles. The summed E-state index contributed by atoms with van der Waals surface area (Å²) >= 11 is 0. The van der Waals surface area contributed by atoms with E-state index in [-0.39, 0.29) is 31.9 Å². The van der Waals surface area contributed by atoms with Gasteiger partial charge in [0.2, 0.25) is 0 Å². The van der Waals surface area contributed by atoms with Gasteiger partial charge in [0.1, 0.15) is 29.9 Å². The zero-order valence-electron chi connectivity index (χ0n) is 26.9. The van der Waals surface area contributed by atoms with Gasteiger partial charge in [-0.1, -0.05) is 91.0 Å². The van der Waals surface area contributed by atoms with Gasteiger partial charge in [0.05, 0.1) is 50.2 Å². The van der Waals surface area contributed by atoms with Gasteiger partial charge in [-0.05, 0) is 44.4 Å². The van der Waals surface area contributed by atoms with Gasteiger partial charge in [0.15, 0.2) is 0 Å². The van der Waals surface area contributed by atoms with Crippen LogP contribution in [0.4, 0.5) is 4.79 Å². The third-order valence-corrected chi connectivity index (χ3v) is 7.62. The summed E-state index contributed by atoms with van der Waals surface area (Å²) in [5.41, 5.74) is 0.951. The predicted molar refractivity (Wildman–Crippen MR) is 174 cm³/mol. The second kappa shape index (κ2) is 16.1. The quantitative estimate of drug-likeness (QED) is 0.135. The summed E-state index contributed by atoms with van der Waals surface area (Å²) in [5.74, 6) is 0. The summed E-state index contributed by atoms with van der Waals surface area (Å²) in [7, 11) is 0. The minimum absolute atomic E-state index is 0.0243. The SMILES string of the molecule is CC(C)(C)OC(=O)N1[C@H](COCc2ccccc2)[C@@H](OCc2ccccc2)[C@@](C)(OCc2ccccc2)[C@@H]1/C(C#N)=C/NCC#N. The molecule has 0 saturated carbocycles.